The van der Waals surface area contributed by atoms with E-state index in [1.165, 1.54) is 4.90 Å². The van der Waals surface area contributed by atoms with E-state index in [1.54, 1.807) is 31.2 Å². The summed E-state index contributed by atoms with van der Waals surface area (Å²) in [5.41, 5.74) is 0.307. The second kappa shape index (κ2) is 8.91. The number of hydrogen-bond donors (Lipinski definition) is 2. The summed E-state index contributed by atoms with van der Waals surface area (Å²) in [7, 11) is 0. The molecule has 1 aromatic carbocycles. The highest BCUT2D eigenvalue weighted by atomic mass is 35.5. The smallest absolute Gasteiger partial charge is 0.322 e. The molecule has 0 spiro atoms. The zero-order valence-electron chi connectivity index (χ0n) is 14.7. The van der Waals surface area contributed by atoms with Gasteiger partial charge in [0.05, 0.1) is 15.7 Å². The van der Waals surface area contributed by atoms with Crippen molar-refractivity contribution in [2.75, 3.05) is 17.2 Å². The number of rotatable bonds is 6. The van der Waals surface area contributed by atoms with Crippen LogP contribution in [0.25, 0.3) is 0 Å². The highest BCUT2D eigenvalue weighted by Crippen LogP contribution is 2.30. The van der Waals surface area contributed by atoms with E-state index in [0.717, 1.165) is 0 Å². The Morgan fingerprint density at radius 2 is 1.92 bits per heavy atom. The van der Waals surface area contributed by atoms with Crippen LogP contribution in [0.15, 0.2) is 28.8 Å². The third-order valence-electron chi connectivity index (χ3n) is 3.79. The third kappa shape index (κ3) is 5.12. The number of nitrogens with zero attached hydrogens (tertiary/aromatic N) is 2. The Bertz CT molecular complexity index is 774. The summed E-state index contributed by atoms with van der Waals surface area (Å²) < 4.78 is 4.90. The Morgan fingerprint density at radius 3 is 2.46 bits per heavy atom. The molecule has 9 heteroatoms. The number of para-hydroxylation sites is 1. The number of nitrogens with one attached hydrogen (secondary N) is 2. The number of carbonyl (C=O) groups is 2. The van der Waals surface area contributed by atoms with Gasteiger partial charge >= 0.3 is 6.03 Å². The van der Waals surface area contributed by atoms with E-state index in [9.17, 15) is 9.59 Å². The number of aromatic nitrogens is 1. The lowest BCUT2D eigenvalue weighted by Crippen LogP contribution is -2.45. The van der Waals surface area contributed by atoms with Crippen LogP contribution < -0.4 is 10.6 Å². The standard InChI is InChI=1S/C17H20Cl2N4O3/c1-4-10(2)23(9-15(24)20-14-8-11(3)26-22-14)17(25)21-16-12(18)6-5-7-13(16)19/h5-8,10H,4,9H2,1-3H3,(H,21,25)(H,20,22,24). The Kier molecular flexibility index (Phi) is 6.88. The number of hydrogen-bond acceptors (Lipinski definition) is 4. The van der Waals surface area contributed by atoms with Gasteiger partial charge < -0.3 is 20.1 Å². The maximum Gasteiger partial charge on any atom is 0.322 e. The van der Waals surface area contributed by atoms with E-state index >= 15 is 0 Å². The topological polar surface area (TPSA) is 87.5 Å². The van der Waals surface area contributed by atoms with Crippen molar-refractivity contribution in [3.05, 3.63) is 40.1 Å². The number of halogens is 2. The monoisotopic (exact) mass is 398 g/mol. The predicted octanol–water partition coefficient (Wildman–Crippen LogP) is 4.56. The predicted molar refractivity (Wildman–Crippen MR) is 102 cm³/mol. The molecule has 1 aromatic heterocycles. The van der Waals surface area contributed by atoms with Crippen molar-refractivity contribution < 1.29 is 14.1 Å². The van der Waals surface area contributed by atoms with E-state index in [0.29, 0.717) is 33.7 Å². The van der Waals surface area contributed by atoms with E-state index < -0.39 is 6.03 Å². The molecule has 1 unspecified atom stereocenters. The molecule has 0 aliphatic rings. The highest BCUT2D eigenvalue weighted by molar-refractivity contribution is 6.39. The first kappa shape index (κ1) is 20.1. The van der Waals surface area contributed by atoms with Gasteiger partial charge in [0.15, 0.2) is 5.82 Å². The molecule has 7 nitrogen and oxygen atoms in total. The van der Waals surface area contributed by atoms with Gasteiger partial charge in [-0.2, -0.15) is 0 Å². The molecule has 0 aliphatic heterocycles. The fourth-order valence-corrected chi connectivity index (χ4v) is 2.70. The molecule has 26 heavy (non-hydrogen) atoms. The van der Waals surface area contributed by atoms with Crippen LogP contribution in [-0.4, -0.2) is 34.6 Å². The first-order valence-corrected chi connectivity index (χ1v) is 8.82. The minimum Gasteiger partial charge on any atom is -0.360 e. The Balaban J connectivity index is 2.10. The molecular weight excluding hydrogens is 379 g/mol. The van der Waals surface area contributed by atoms with Crippen molar-refractivity contribution in [3.8, 4) is 0 Å². The van der Waals surface area contributed by atoms with Crippen molar-refractivity contribution >= 4 is 46.6 Å². The Morgan fingerprint density at radius 1 is 1.27 bits per heavy atom. The molecule has 2 rings (SSSR count). The number of benzene rings is 1. The van der Waals surface area contributed by atoms with Gasteiger partial charge in [-0.3, -0.25) is 4.79 Å². The quantitative estimate of drug-likeness (QED) is 0.746. The van der Waals surface area contributed by atoms with Gasteiger partial charge in [0.25, 0.3) is 0 Å². The van der Waals surface area contributed by atoms with Crippen LogP contribution in [0.2, 0.25) is 10.0 Å². The number of carbonyl (C=O) groups excluding carboxylic acids is 2. The van der Waals surface area contributed by atoms with Gasteiger partial charge in [0, 0.05) is 12.1 Å². The fourth-order valence-electron chi connectivity index (χ4n) is 2.21. The van der Waals surface area contributed by atoms with Crippen molar-refractivity contribution in [2.45, 2.75) is 33.2 Å². The normalized spacial score (nSPS) is 11.7. The maximum atomic E-state index is 12.7. The number of anilines is 2. The molecule has 0 saturated carbocycles. The average molecular weight is 399 g/mol. The fraction of sp³-hybridized carbons (Fsp3) is 0.353. The lowest BCUT2D eigenvalue weighted by molar-refractivity contribution is -0.117. The second-order valence-corrected chi connectivity index (χ2v) is 6.60. The summed E-state index contributed by atoms with van der Waals surface area (Å²) >= 11 is 12.2. The average Bonchev–Trinajstić information content (AvgIpc) is 3.00. The summed E-state index contributed by atoms with van der Waals surface area (Å²) in [6.07, 6.45) is 0.667. The van der Waals surface area contributed by atoms with Crippen LogP contribution >= 0.6 is 23.2 Å². The largest absolute Gasteiger partial charge is 0.360 e. The summed E-state index contributed by atoms with van der Waals surface area (Å²) in [5.74, 6) is 0.482. The second-order valence-electron chi connectivity index (χ2n) is 5.78. The molecule has 2 aromatic rings. The molecule has 1 heterocycles. The van der Waals surface area contributed by atoms with E-state index in [4.69, 9.17) is 27.7 Å². The van der Waals surface area contributed by atoms with Gasteiger partial charge in [-0.25, -0.2) is 4.79 Å². The van der Waals surface area contributed by atoms with Gasteiger partial charge in [-0.1, -0.05) is 41.3 Å². The molecule has 0 aliphatic carbocycles. The van der Waals surface area contributed by atoms with Crippen molar-refractivity contribution in [1.82, 2.24) is 10.1 Å². The van der Waals surface area contributed by atoms with Gasteiger partial charge in [0.2, 0.25) is 5.91 Å². The van der Waals surface area contributed by atoms with Gasteiger partial charge in [-0.05, 0) is 32.4 Å². The van der Waals surface area contributed by atoms with Crippen LogP contribution in [0, 0.1) is 6.92 Å². The van der Waals surface area contributed by atoms with Gasteiger partial charge in [0.1, 0.15) is 12.3 Å². The summed E-state index contributed by atoms with van der Waals surface area (Å²) in [5, 5.41) is 9.61. The van der Waals surface area contributed by atoms with Gasteiger partial charge in [-0.15, -0.1) is 0 Å². The molecule has 0 radical (unpaired) electrons. The molecule has 1 atom stereocenters. The molecule has 2 N–H and O–H groups in total. The third-order valence-corrected chi connectivity index (χ3v) is 4.42. The van der Waals surface area contributed by atoms with Crippen LogP contribution in [0.3, 0.4) is 0 Å². The zero-order valence-corrected chi connectivity index (χ0v) is 16.2. The number of amides is 3. The van der Waals surface area contributed by atoms with E-state index in [1.807, 2.05) is 13.8 Å². The van der Waals surface area contributed by atoms with Crippen molar-refractivity contribution in [2.24, 2.45) is 0 Å². The Labute approximate surface area is 161 Å². The van der Waals surface area contributed by atoms with Crippen LogP contribution in [0.1, 0.15) is 26.0 Å². The first-order chi connectivity index (χ1) is 12.3. The number of urea groups is 1. The maximum absolute atomic E-state index is 12.7. The summed E-state index contributed by atoms with van der Waals surface area (Å²) in [4.78, 5) is 26.4. The Hall–Kier alpha value is -2.25. The summed E-state index contributed by atoms with van der Waals surface area (Å²) in [6.45, 7) is 5.33. The van der Waals surface area contributed by atoms with E-state index in [2.05, 4.69) is 15.8 Å². The van der Waals surface area contributed by atoms with Crippen LogP contribution in [-0.2, 0) is 4.79 Å². The minimum atomic E-state index is -0.471. The number of aryl methyl sites for hydroxylation is 1. The van der Waals surface area contributed by atoms with Crippen LogP contribution in [0.5, 0.6) is 0 Å². The molecule has 0 fully saturated rings. The molecule has 0 bridgehead atoms. The molecule has 140 valence electrons. The summed E-state index contributed by atoms with van der Waals surface area (Å²) in [6, 6.07) is 5.86. The lowest BCUT2D eigenvalue weighted by Gasteiger charge is -2.28. The lowest BCUT2D eigenvalue weighted by atomic mass is 10.2. The van der Waals surface area contributed by atoms with E-state index in [-0.39, 0.29) is 18.5 Å². The SMILES string of the molecule is CCC(C)N(CC(=O)Nc1cc(C)on1)C(=O)Nc1c(Cl)cccc1Cl. The molecule has 0 saturated heterocycles. The highest BCUT2D eigenvalue weighted by Gasteiger charge is 2.23. The first-order valence-electron chi connectivity index (χ1n) is 8.06. The van der Waals surface area contributed by atoms with Crippen molar-refractivity contribution in [1.29, 1.82) is 0 Å². The minimum absolute atomic E-state index is 0.158. The zero-order chi connectivity index (χ0) is 19.3. The molecular formula is C17H20Cl2N4O3. The van der Waals surface area contributed by atoms with Crippen LogP contribution in [0.4, 0.5) is 16.3 Å². The van der Waals surface area contributed by atoms with Crippen molar-refractivity contribution in [3.63, 3.8) is 0 Å². The molecule has 3 amide bonds.